The number of thiophene rings is 1. The molecular weight excluding hydrogens is 382 g/mol. The lowest BCUT2D eigenvalue weighted by molar-refractivity contribution is 0.249. The molecule has 7 nitrogen and oxygen atoms in total. The monoisotopic (exact) mass is 405 g/mol. The van der Waals surface area contributed by atoms with Crippen molar-refractivity contribution in [2.75, 3.05) is 24.5 Å². The van der Waals surface area contributed by atoms with E-state index in [1.807, 2.05) is 15.9 Å². The third kappa shape index (κ3) is 2.98. The van der Waals surface area contributed by atoms with Gasteiger partial charge in [0.05, 0.1) is 5.39 Å². The van der Waals surface area contributed by atoms with E-state index in [4.69, 9.17) is 4.98 Å². The Hall–Kier alpha value is -2.58. The van der Waals surface area contributed by atoms with Crippen LogP contribution < -0.4 is 4.90 Å². The molecule has 4 aromatic rings. The van der Waals surface area contributed by atoms with Gasteiger partial charge in [0.15, 0.2) is 0 Å². The molecule has 0 bridgehead atoms. The van der Waals surface area contributed by atoms with E-state index in [0.29, 0.717) is 5.78 Å². The van der Waals surface area contributed by atoms with Gasteiger partial charge in [-0.1, -0.05) is 35.4 Å². The fourth-order valence-electron chi connectivity index (χ4n) is 4.67. The third-order valence-corrected chi connectivity index (χ3v) is 7.29. The van der Waals surface area contributed by atoms with E-state index in [0.717, 1.165) is 49.8 Å². The van der Waals surface area contributed by atoms with Crippen LogP contribution in [-0.2, 0) is 19.5 Å². The van der Waals surface area contributed by atoms with Crippen LogP contribution in [0.3, 0.4) is 0 Å². The Morgan fingerprint density at radius 3 is 2.72 bits per heavy atom. The van der Waals surface area contributed by atoms with Crippen molar-refractivity contribution in [2.24, 2.45) is 0 Å². The lowest BCUT2D eigenvalue weighted by Gasteiger charge is -2.30. The molecule has 0 N–H and O–H groups in total. The first-order chi connectivity index (χ1) is 14.4. The van der Waals surface area contributed by atoms with E-state index in [2.05, 4.69) is 55.7 Å². The second kappa shape index (κ2) is 7.03. The van der Waals surface area contributed by atoms with Crippen molar-refractivity contribution in [3.05, 3.63) is 46.3 Å². The summed E-state index contributed by atoms with van der Waals surface area (Å²) in [6.07, 6.45) is 4.83. The minimum Gasteiger partial charge on any atom is -0.356 e. The smallest absolute Gasteiger partial charge is 0.276 e. The maximum atomic E-state index is 4.90. The van der Waals surface area contributed by atoms with Gasteiger partial charge in [-0.25, -0.2) is 0 Å². The van der Waals surface area contributed by atoms with Gasteiger partial charge in [0, 0.05) is 37.6 Å². The van der Waals surface area contributed by atoms with Crippen LogP contribution in [0.25, 0.3) is 16.0 Å². The summed E-state index contributed by atoms with van der Waals surface area (Å²) >= 11 is 1.84. The predicted octanol–water partition coefficient (Wildman–Crippen LogP) is 3.28. The van der Waals surface area contributed by atoms with Crippen molar-refractivity contribution < 1.29 is 0 Å². The SMILES string of the molecule is c1ccc(CN2CCc3c(sc4c3c(N3CCCCC3)nc3nnnn34)C2)cc1. The summed E-state index contributed by atoms with van der Waals surface area (Å²) in [6.45, 7) is 5.19. The van der Waals surface area contributed by atoms with Crippen LogP contribution >= 0.6 is 11.3 Å². The number of anilines is 1. The molecule has 0 atom stereocenters. The lowest BCUT2D eigenvalue weighted by atomic mass is 10.0. The summed E-state index contributed by atoms with van der Waals surface area (Å²) < 4.78 is 1.83. The average molecular weight is 406 g/mol. The Morgan fingerprint density at radius 1 is 1.00 bits per heavy atom. The highest BCUT2D eigenvalue weighted by atomic mass is 32.1. The number of nitrogens with zero attached hydrogens (tertiary/aromatic N) is 7. The third-order valence-electron chi connectivity index (χ3n) is 6.10. The van der Waals surface area contributed by atoms with Crippen LogP contribution in [0.5, 0.6) is 0 Å². The van der Waals surface area contributed by atoms with Gasteiger partial charge in [0.2, 0.25) is 0 Å². The number of hydrogen-bond donors (Lipinski definition) is 0. The largest absolute Gasteiger partial charge is 0.356 e. The number of tetrazole rings is 1. The number of benzene rings is 1. The number of piperidine rings is 1. The Balaban J connectivity index is 1.43. The van der Waals surface area contributed by atoms with E-state index in [1.54, 1.807) is 0 Å². The van der Waals surface area contributed by atoms with Gasteiger partial charge < -0.3 is 4.90 Å². The number of fused-ring (bicyclic) bond motifs is 5. The van der Waals surface area contributed by atoms with Crippen LogP contribution in [0.4, 0.5) is 5.82 Å². The second-order valence-corrected chi connectivity index (χ2v) is 9.09. The fraction of sp³-hybridized carbons (Fsp3) is 0.429. The second-order valence-electron chi connectivity index (χ2n) is 8.00. The van der Waals surface area contributed by atoms with Crippen LogP contribution in [0.15, 0.2) is 30.3 Å². The molecule has 0 radical (unpaired) electrons. The van der Waals surface area contributed by atoms with E-state index in [-0.39, 0.29) is 0 Å². The summed E-state index contributed by atoms with van der Waals surface area (Å²) in [6, 6.07) is 10.7. The molecule has 2 aliphatic heterocycles. The maximum absolute atomic E-state index is 4.90. The normalized spacial score (nSPS) is 17.9. The molecule has 1 saturated heterocycles. The molecular formula is C21H23N7S. The summed E-state index contributed by atoms with van der Waals surface area (Å²) in [7, 11) is 0. The van der Waals surface area contributed by atoms with Gasteiger partial charge in [-0.2, -0.15) is 9.50 Å². The summed E-state index contributed by atoms with van der Waals surface area (Å²) in [5, 5.41) is 13.6. The molecule has 6 rings (SSSR count). The van der Waals surface area contributed by atoms with Crippen molar-refractivity contribution in [1.29, 1.82) is 0 Å². The van der Waals surface area contributed by atoms with Crippen molar-refractivity contribution in [3.8, 4) is 0 Å². The first-order valence-corrected chi connectivity index (χ1v) is 11.2. The highest BCUT2D eigenvalue weighted by Crippen LogP contribution is 2.40. The fourth-order valence-corrected chi connectivity index (χ4v) is 6.00. The predicted molar refractivity (Wildman–Crippen MR) is 114 cm³/mol. The van der Waals surface area contributed by atoms with Gasteiger partial charge in [-0.05, 0) is 47.2 Å². The first kappa shape index (κ1) is 17.3. The highest BCUT2D eigenvalue weighted by Gasteiger charge is 2.28. The van der Waals surface area contributed by atoms with Crippen molar-refractivity contribution in [1.82, 2.24) is 29.9 Å². The minimum atomic E-state index is 0.609. The Morgan fingerprint density at radius 2 is 1.86 bits per heavy atom. The zero-order valence-electron chi connectivity index (χ0n) is 16.3. The van der Waals surface area contributed by atoms with Gasteiger partial charge in [0.1, 0.15) is 10.6 Å². The Bertz CT molecular complexity index is 1160. The summed E-state index contributed by atoms with van der Waals surface area (Å²) in [5.41, 5.74) is 2.83. The van der Waals surface area contributed by atoms with Gasteiger partial charge >= 0.3 is 0 Å². The van der Waals surface area contributed by atoms with E-state index in [9.17, 15) is 0 Å². The topological polar surface area (TPSA) is 62.5 Å². The molecule has 0 aliphatic carbocycles. The zero-order chi connectivity index (χ0) is 19.2. The van der Waals surface area contributed by atoms with Crippen LogP contribution in [-0.4, -0.2) is 49.6 Å². The van der Waals surface area contributed by atoms with Crippen molar-refractivity contribution in [3.63, 3.8) is 0 Å². The van der Waals surface area contributed by atoms with E-state index >= 15 is 0 Å². The molecule has 0 amide bonds. The standard InChI is InChI=1S/C21H23N7S/c1-3-7-15(8-4-1)13-26-12-9-16-17(14-26)29-20-18(16)19(27-10-5-2-6-11-27)22-21-23-24-25-28(20)21/h1,3-4,7-8H,2,5-6,9-14H2. The highest BCUT2D eigenvalue weighted by molar-refractivity contribution is 7.19. The minimum absolute atomic E-state index is 0.609. The lowest BCUT2D eigenvalue weighted by Crippen LogP contribution is -2.31. The molecule has 148 valence electrons. The molecule has 1 fully saturated rings. The zero-order valence-corrected chi connectivity index (χ0v) is 17.1. The number of rotatable bonds is 3. The number of hydrogen-bond acceptors (Lipinski definition) is 7. The number of aromatic nitrogens is 5. The summed E-state index contributed by atoms with van der Waals surface area (Å²) in [4.78, 5) is 12.5. The molecule has 5 heterocycles. The van der Waals surface area contributed by atoms with Crippen LogP contribution in [0, 0.1) is 0 Å². The molecule has 0 unspecified atom stereocenters. The van der Waals surface area contributed by atoms with Crippen molar-refractivity contribution in [2.45, 2.75) is 38.8 Å². The van der Waals surface area contributed by atoms with E-state index in [1.165, 1.54) is 40.7 Å². The Labute approximate surface area is 173 Å². The molecule has 0 spiro atoms. The van der Waals surface area contributed by atoms with Gasteiger partial charge in [-0.3, -0.25) is 4.90 Å². The van der Waals surface area contributed by atoms with Crippen LogP contribution in [0.2, 0.25) is 0 Å². The van der Waals surface area contributed by atoms with Crippen LogP contribution in [0.1, 0.15) is 35.3 Å². The molecule has 2 aliphatic rings. The molecule has 8 heteroatoms. The Kier molecular flexibility index (Phi) is 4.19. The maximum Gasteiger partial charge on any atom is 0.276 e. The molecule has 1 aromatic carbocycles. The van der Waals surface area contributed by atoms with Crippen molar-refractivity contribution >= 4 is 33.1 Å². The van der Waals surface area contributed by atoms with Gasteiger partial charge in [-0.15, -0.1) is 11.3 Å². The van der Waals surface area contributed by atoms with Gasteiger partial charge in [0.25, 0.3) is 5.78 Å². The molecule has 29 heavy (non-hydrogen) atoms. The molecule has 0 saturated carbocycles. The summed E-state index contributed by atoms with van der Waals surface area (Å²) in [5.74, 6) is 1.70. The van der Waals surface area contributed by atoms with E-state index < -0.39 is 0 Å². The quantitative estimate of drug-likeness (QED) is 0.521. The molecule has 3 aromatic heterocycles. The average Bonchev–Trinajstić information content (AvgIpc) is 3.38. The first-order valence-electron chi connectivity index (χ1n) is 10.4.